The van der Waals surface area contributed by atoms with Crippen LogP contribution in [0.4, 0.5) is 0 Å². The van der Waals surface area contributed by atoms with E-state index in [2.05, 4.69) is 5.16 Å². The van der Waals surface area contributed by atoms with Crippen LogP contribution in [0.5, 0.6) is 0 Å². The largest absolute Gasteiger partial charge is 0.331 e. The third kappa shape index (κ3) is 6.76. The number of oxime groups is 1. The second kappa shape index (κ2) is 11.0. The molecule has 0 unspecified atom stereocenters. The van der Waals surface area contributed by atoms with Gasteiger partial charge in [0.25, 0.3) is 0 Å². The van der Waals surface area contributed by atoms with Crippen molar-refractivity contribution in [2.45, 2.75) is 21.6 Å². The van der Waals surface area contributed by atoms with Crippen LogP contribution in [0, 0.1) is 0 Å². The molecule has 7 heteroatoms. The van der Waals surface area contributed by atoms with Gasteiger partial charge in [0, 0.05) is 37.9 Å². The predicted molar refractivity (Wildman–Crippen MR) is 123 cm³/mol. The molecule has 0 aliphatic carbocycles. The van der Waals surface area contributed by atoms with Crippen molar-refractivity contribution < 1.29 is 14.4 Å². The lowest BCUT2D eigenvalue weighted by Crippen LogP contribution is -2.18. The number of carbonyl (C=O) groups excluding carboxylic acids is 2. The quantitative estimate of drug-likeness (QED) is 0.129. The molecule has 3 aromatic rings. The molecular formula is C23H18ClNO3S2. The Morgan fingerprint density at radius 2 is 1.47 bits per heavy atom. The van der Waals surface area contributed by atoms with E-state index in [-0.39, 0.29) is 17.2 Å². The number of rotatable bonds is 8. The van der Waals surface area contributed by atoms with Crippen molar-refractivity contribution >= 4 is 52.6 Å². The van der Waals surface area contributed by atoms with Crippen molar-refractivity contribution in [2.75, 3.05) is 5.75 Å². The summed E-state index contributed by atoms with van der Waals surface area (Å²) in [4.78, 5) is 31.9. The topological polar surface area (TPSA) is 55.7 Å². The van der Waals surface area contributed by atoms with Gasteiger partial charge in [-0.1, -0.05) is 46.7 Å². The van der Waals surface area contributed by atoms with E-state index in [0.29, 0.717) is 10.6 Å². The summed E-state index contributed by atoms with van der Waals surface area (Å²) in [5.41, 5.74) is 0.642. The maximum Gasteiger partial charge on any atom is 0.331 e. The summed E-state index contributed by atoms with van der Waals surface area (Å²) >= 11 is 8.93. The van der Waals surface area contributed by atoms with Gasteiger partial charge in [0.15, 0.2) is 0 Å². The lowest BCUT2D eigenvalue weighted by Gasteiger charge is -2.07. The van der Waals surface area contributed by atoms with E-state index in [1.54, 1.807) is 36.0 Å². The summed E-state index contributed by atoms with van der Waals surface area (Å²) < 4.78 is 0. The normalized spacial score (nSPS) is 11.2. The average Bonchev–Trinajstić information content (AvgIpc) is 2.76. The van der Waals surface area contributed by atoms with Gasteiger partial charge in [-0.25, -0.2) is 4.79 Å². The van der Waals surface area contributed by atoms with Crippen LogP contribution in [0.25, 0.3) is 0 Å². The van der Waals surface area contributed by atoms with Crippen molar-refractivity contribution in [2.24, 2.45) is 5.16 Å². The van der Waals surface area contributed by atoms with E-state index in [4.69, 9.17) is 16.4 Å². The first-order valence-electron chi connectivity index (χ1n) is 9.02. The van der Waals surface area contributed by atoms with Crippen molar-refractivity contribution in [1.29, 1.82) is 0 Å². The molecule has 3 aromatic carbocycles. The zero-order chi connectivity index (χ0) is 21.3. The highest BCUT2D eigenvalue weighted by Gasteiger charge is 2.16. The second-order valence-corrected chi connectivity index (χ2v) is 8.76. The molecule has 0 aliphatic heterocycles. The number of nitrogens with zero attached hydrogens (tertiary/aromatic N) is 1. The Bertz CT molecular complexity index is 1040. The highest BCUT2D eigenvalue weighted by atomic mass is 35.5. The Hall–Kier alpha value is -2.54. The summed E-state index contributed by atoms with van der Waals surface area (Å²) in [6.07, 6.45) is 0. The van der Waals surface area contributed by atoms with Crippen LogP contribution in [0.3, 0.4) is 0 Å². The number of Topliss-reactive ketones (excluding diaryl/α,β-unsaturated/α-hetero) is 1. The van der Waals surface area contributed by atoms with E-state index in [1.807, 2.05) is 54.6 Å². The maximum absolute atomic E-state index is 12.9. The molecule has 0 radical (unpaired) electrons. The van der Waals surface area contributed by atoms with Gasteiger partial charge < -0.3 is 4.84 Å². The molecule has 0 N–H and O–H groups in total. The van der Waals surface area contributed by atoms with Crippen molar-refractivity contribution in [1.82, 2.24) is 0 Å². The molecule has 0 saturated carbocycles. The summed E-state index contributed by atoms with van der Waals surface area (Å²) in [7, 11) is 0. The molecule has 0 spiro atoms. The highest BCUT2D eigenvalue weighted by Crippen LogP contribution is 2.27. The third-order valence-corrected chi connectivity index (χ3v) is 6.12. The number of hydrogen-bond acceptors (Lipinski definition) is 6. The molecule has 4 nitrogen and oxygen atoms in total. The minimum Gasteiger partial charge on any atom is -0.318 e. The molecule has 152 valence electrons. The molecule has 30 heavy (non-hydrogen) atoms. The SMILES string of the molecule is CC(=O)O/N=C(\CSc1ccc(Cl)cc1)C(=O)c1ccc(Sc2ccccc2)cc1. The van der Waals surface area contributed by atoms with Crippen molar-refractivity contribution in [3.8, 4) is 0 Å². The van der Waals surface area contributed by atoms with Gasteiger partial charge in [-0.15, -0.1) is 11.8 Å². The Morgan fingerprint density at radius 3 is 2.10 bits per heavy atom. The Morgan fingerprint density at radius 1 is 0.867 bits per heavy atom. The monoisotopic (exact) mass is 455 g/mol. The lowest BCUT2D eigenvalue weighted by atomic mass is 10.1. The molecule has 0 aliphatic rings. The first-order valence-corrected chi connectivity index (χ1v) is 11.2. The van der Waals surface area contributed by atoms with Gasteiger partial charge >= 0.3 is 5.97 Å². The van der Waals surface area contributed by atoms with E-state index < -0.39 is 5.97 Å². The van der Waals surface area contributed by atoms with Crippen molar-refractivity contribution in [3.05, 3.63) is 89.4 Å². The first kappa shape index (κ1) is 22.2. The molecule has 0 fully saturated rings. The summed E-state index contributed by atoms with van der Waals surface area (Å²) in [6, 6.07) is 24.5. The Balaban J connectivity index is 1.72. The van der Waals surface area contributed by atoms with Crippen LogP contribution in [0.15, 0.2) is 98.7 Å². The fraction of sp³-hybridized carbons (Fsp3) is 0.0870. The average molecular weight is 456 g/mol. The van der Waals surface area contributed by atoms with Gasteiger partial charge in [0.1, 0.15) is 5.71 Å². The molecule has 3 rings (SSSR count). The summed E-state index contributed by atoms with van der Waals surface area (Å²) in [5.74, 6) is -0.603. The van der Waals surface area contributed by atoms with Gasteiger partial charge in [-0.3, -0.25) is 4.79 Å². The second-order valence-electron chi connectivity index (χ2n) is 6.13. The molecule has 0 amide bonds. The number of thioether (sulfide) groups is 1. The van der Waals surface area contributed by atoms with E-state index in [0.717, 1.165) is 14.7 Å². The first-order chi connectivity index (χ1) is 14.5. The van der Waals surface area contributed by atoms with Crippen LogP contribution in [0.2, 0.25) is 5.02 Å². The molecule has 0 saturated heterocycles. The van der Waals surface area contributed by atoms with Gasteiger partial charge in [0.2, 0.25) is 5.78 Å². The fourth-order valence-electron chi connectivity index (χ4n) is 2.40. The van der Waals surface area contributed by atoms with Crippen LogP contribution < -0.4 is 0 Å². The molecule has 0 heterocycles. The minimum absolute atomic E-state index is 0.161. The van der Waals surface area contributed by atoms with Crippen LogP contribution in [-0.4, -0.2) is 23.2 Å². The van der Waals surface area contributed by atoms with E-state index in [1.165, 1.54) is 18.7 Å². The van der Waals surface area contributed by atoms with E-state index in [9.17, 15) is 9.59 Å². The number of ketones is 1. The Labute approximate surface area is 188 Å². The standard InChI is InChI=1S/C23H18ClNO3S2/c1-16(26)28-25-22(15-29-19-13-9-18(24)10-14-19)23(27)17-7-11-21(12-8-17)30-20-5-3-2-4-6-20/h2-14H,15H2,1H3/b25-22+. The van der Waals surface area contributed by atoms with Crippen LogP contribution in [0.1, 0.15) is 17.3 Å². The van der Waals surface area contributed by atoms with E-state index >= 15 is 0 Å². The van der Waals surface area contributed by atoms with Crippen molar-refractivity contribution in [3.63, 3.8) is 0 Å². The van der Waals surface area contributed by atoms with Crippen LogP contribution in [-0.2, 0) is 9.63 Å². The molecule has 0 atom stereocenters. The third-order valence-electron chi connectivity index (χ3n) is 3.83. The van der Waals surface area contributed by atoms with Gasteiger partial charge in [0.05, 0.1) is 0 Å². The molecular weight excluding hydrogens is 438 g/mol. The predicted octanol–water partition coefficient (Wildman–Crippen LogP) is 6.39. The minimum atomic E-state index is -0.577. The van der Waals surface area contributed by atoms with Crippen LogP contribution >= 0.6 is 35.1 Å². The summed E-state index contributed by atoms with van der Waals surface area (Å²) in [5, 5.41) is 4.42. The zero-order valence-corrected chi connectivity index (χ0v) is 18.5. The highest BCUT2D eigenvalue weighted by molar-refractivity contribution is 8.00. The molecule has 0 aromatic heterocycles. The Kier molecular flexibility index (Phi) is 8.13. The van der Waals surface area contributed by atoms with Gasteiger partial charge in [-0.2, -0.15) is 0 Å². The maximum atomic E-state index is 12.9. The fourth-order valence-corrected chi connectivity index (χ4v) is 4.18. The zero-order valence-electron chi connectivity index (χ0n) is 16.1. The lowest BCUT2D eigenvalue weighted by molar-refractivity contribution is -0.140. The number of hydrogen-bond donors (Lipinski definition) is 0. The molecule has 0 bridgehead atoms. The number of halogens is 1. The number of benzene rings is 3. The summed E-state index contributed by atoms with van der Waals surface area (Å²) in [6.45, 7) is 1.24. The van der Waals surface area contributed by atoms with Gasteiger partial charge in [-0.05, 0) is 60.7 Å². The number of carbonyl (C=O) groups is 2. The smallest absolute Gasteiger partial charge is 0.318 e.